The zero-order valence-electron chi connectivity index (χ0n) is 11.6. The molecule has 0 aliphatic rings. The third-order valence-corrected chi connectivity index (χ3v) is 2.79. The number of carbonyl (C=O) groups is 1. The average molecular weight is 331 g/mol. The second-order valence-corrected chi connectivity index (χ2v) is 4.53. The van der Waals surface area contributed by atoms with Gasteiger partial charge in [0.15, 0.2) is 0 Å². The highest BCUT2D eigenvalue weighted by Crippen LogP contribution is 2.29. The van der Waals surface area contributed by atoms with Crippen LogP contribution in [-0.2, 0) is 11.0 Å². The Hall–Kier alpha value is -2.21. The molecule has 0 heterocycles. The molecule has 0 radical (unpaired) electrons. The molecule has 2 N–H and O–H groups in total. The van der Waals surface area contributed by atoms with Gasteiger partial charge in [-0.1, -0.05) is 17.7 Å². The summed E-state index contributed by atoms with van der Waals surface area (Å²) in [6, 6.07) is 11.8. The number of anilines is 2. The summed E-state index contributed by atoms with van der Waals surface area (Å²) in [4.78, 5) is 9.93. The smallest absolute Gasteiger partial charge is 0.388 e. The first-order valence-electron chi connectivity index (χ1n) is 6.17. The molecule has 0 aromatic heterocycles. The van der Waals surface area contributed by atoms with Crippen LogP contribution in [-0.4, -0.2) is 13.5 Å². The second-order valence-electron chi connectivity index (χ2n) is 4.10. The third-order valence-electron chi connectivity index (χ3n) is 2.55. The zero-order chi connectivity index (χ0) is 16.6. The molecular formula is C15H14ClF3N2O. The average Bonchev–Trinajstić information content (AvgIpc) is 2.47. The maximum atomic E-state index is 12.0. The summed E-state index contributed by atoms with van der Waals surface area (Å²) in [5.74, 6) is 0. The van der Waals surface area contributed by atoms with Crippen LogP contribution >= 0.6 is 11.6 Å². The van der Waals surface area contributed by atoms with E-state index in [1.807, 2.05) is 0 Å². The normalized spacial score (nSPS) is 10.2. The Balaban J connectivity index is 0.000000224. The van der Waals surface area contributed by atoms with Crippen molar-refractivity contribution in [2.45, 2.75) is 6.18 Å². The molecule has 0 aliphatic carbocycles. The van der Waals surface area contributed by atoms with E-state index >= 15 is 0 Å². The van der Waals surface area contributed by atoms with E-state index in [4.69, 9.17) is 11.6 Å². The molecule has 0 bridgehead atoms. The molecule has 0 saturated carbocycles. The first kappa shape index (κ1) is 17.8. The summed E-state index contributed by atoms with van der Waals surface area (Å²) in [5, 5.41) is 5.84. The van der Waals surface area contributed by atoms with Gasteiger partial charge in [-0.3, -0.25) is 4.79 Å². The van der Waals surface area contributed by atoms with Crippen LogP contribution in [0.5, 0.6) is 0 Å². The molecule has 1 amide bonds. The molecule has 0 spiro atoms. The Kier molecular flexibility index (Phi) is 6.72. The van der Waals surface area contributed by atoms with Gasteiger partial charge < -0.3 is 10.6 Å². The molecular weight excluding hydrogens is 317 g/mol. The number of benzene rings is 2. The number of alkyl halides is 3. The second kappa shape index (κ2) is 8.29. The summed E-state index contributed by atoms with van der Waals surface area (Å²) < 4.78 is 36.0. The predicted octanol–water partition coefficient (Wildman–Crippen LogP) is 4.66. The molecule has 0 saturated heterocycles. The van der Waals surface area contributed by atoms with Crippen molar-refractivity contribution in [2.75, 3.05) is 17.7 Å². The van der Waals surface area contributed by atoms with E-state index < -0.39 is 11.7 Å². The van der Waals surface area contributed by atoms with Crippen molar-refractivity contribution < 1.29 is 18.0 Å². The van der Waals surface area contributed by atoms with Gasteiger partial charge in [-0.2, -0.15) is 13.2 Å². The highest BCUT2D eigenvalue weighted by Gasteiger charge is 2.29. The lowest BCUT2D eigenvalue weighted by molar-refractivity contribution is -0.137. The standard InChI is InChI=1S/C8H8F3N.C7H6ClNO/c1-12-7-4-2-6(3-5-7)8(9,10)11;8-6-2-1-3-7(4-6)9-5-10/h2-5,12H,1H3;1-5H,(H,9,10). The highest BCUT2D eigenvalue weighted by atomic mass is 35.5. The number of hydrogen-bond donors (Lipinski definition) is 2. The maximum absolute atomic E-state index is 12.0. The van der Waals surface area contributed by atoms with Crippen molar-refractivity contribution in [1.29, 1.82) is 0 Å². The van der Waals surface area contributed by atoms with Crippen molar-refractivity contribution in [3.63, 3.8) is 0 Å². The Morgan fingerprint density at radius 1 is 1.05 bits per heavy atom. The van der Waals surface area contributed by atoms with Gasteiger partial charge in [-0.15, -0.1) is 0 Å². The fourth-order valence-corrected chi connectivity index (χ4v) is 1.66. The highest BCUT2D eigenvalue weighted by molar-refractivity contribution is 6.30. The van der Waals surface area contributed by atoms with E-state index in [9.17, 15) is 18.0 Å². The van der Waals surface area contributed by atoms with Gasteiger partial charge in [-0.25, -0.2) is 0 Å². The van der Waals surface area contributed by atoms with E-state index in [-0.39, 0.29) is 0 Å². The lowest BCUT2D eigenvalue weighted by Gasteiger charge is -2.06. The Morgan fingerprint density at radius 3 is 2.14 bits per heavy atom. The maximum Gasteiger partial charge on any atom is 0.416 e. The monoisotopic (exact) mass is 330 g/mol. The first-order chi connectivity index (χ1) is 10.4. The predicted molar refractivity (Wildman–Crippen MR) is 82.1 cm³/mol. The molecule has 0 fully saturated rings. The zero-order valence-corrected chi connectivity index (χ0v) is 12.4. The number of nitrogens with one attached hydrogen (secondary N) is 2. The molecule has 0 unspecified atom stereocenters. The number of rotatable bonds is 3. The van der Waals surface area contributed by atoms with E-state index in [2.05, 4.69) is 10.6 Å². The minimum atomic E-state index is -4.24. The Bertz CT molecular complexity index is 600. The molecule has 3 nitrogen and oxygen atoms in total. The molecule has 2 aromatic rings. The van der Waals surface area contributed by atoms with Gasteiger partial charge in [0.05, 0.1) is 5.56 Å². The van der Waals surface area contributed by atoms with Crippen molar-refractivity contribution in [1.82, 2.24) is 0 Å². The Morgan fingerprint density at radius 2 is 1.68 bits per heavy atom. The van der Waals surface area contributed by atoms with Gasteiger partial charge in [0.25, 0.3) is 0 Å². The summed E-state index contributed by atoms with van der Waals surface area (Å²) in [7, 11) is 1.66. The lowest BCUT2D eigenvalue weighted by Crippen LogP contribution is -2.04. The SMILES string of the molecule is CNc1ccc(C(F)(F)F)cc1.O=CNc1cccc(Cl)c1. The van der Waals surface area contributed by atoms with Gasteiger partial charge >= 0.3 is 6.18 Å². The van der Waals surface area contributed by atoms with Crippen LogP contribution in [0.15, 0.2) is 48.5 Å². The van der Waals surface area contributed by atoms with Crippen LogP contribution in [0.3, 0.4) is 0 Å². The summed E-state index contributed by atoms with van der Waals surface area (Å²) >= 11 is 5.62. The van der Waals surface area contributed by atoms with Crippen LogP contribution in [0.25, 0.3) is 0 Å². The van der Waals surface area contributed by atoms with Gasteiger partial charge in [0.2, 0.25) is 6.41 Å². The minimum Gasteiger partial charge on any atom is -0.388 e. The van der Waals surface area contributed by atoms with Crippen molar-refractivity contribution in [2.24, 2.45) is 0 Å². The molecule has 7 heteroatoms. The Labute approximate surface area is 131 Å². The quantitative estimate of drug-likeness (QED) is 0.804. The molecule has 0 atom stereocenters. The topological polar surface area (TPSA) is 41.1 Å². The fraction of sp³-hybridized carbons (Fsp3) is 0.133. The number of amides is 1. The number of carbonyl (C=O) groups excluding carboxylic acids is 1. The van der Waals surface area contributed by atoms with Gasteiger partial charge in [0, 0.05) is 23.4 Å². The lowest BCUT2D eigenvalue weighted by atomic mass is 10.2. The molecule has 22 heavy (non-hydrogen) atoms. The van der Waals surface area contributed by atoms with Crippen LogP contribution in [0.2, 0.25) is 5.02 Å². The van der Waals surface area contributed by atoms with E-state index in [1.54, 1.807) is 31.3 Å². The fourth-order valence-electron chi connectivity index (χ4n) is 1.47. The molecule has 2 aromatic carbocycles. The number of halogens is 4. The van der Waals surface area contributed by atoms with Crippen LogP contribution < -0.4 is 10.6 Å². The van der Waals surface area contributed by atoms with Crippen LogP contribution in [0.1, 0.15) is 5.56 Å². The molecule has 118 valence electrons. The van der Waals surface area contributed by atoms with E-state index in [0.717, 1.165) is 12.1 Å². The molecule has 0 aliphatic heterocycles. The number of hydrogen-bond acceptors (Lipinski definition) is 2. The van der Waals surface area contributed by atoms with E-state index in [1.165, 1.54) is 12.1 Å². The summed E-state index contributed by atoms with van der Waals surface area (Å²) in [6.07, 6.45) is -3.63. The minimum absolute atomic E-state index is 0.617. The van der Waals surface area contributed by atoms with Crippen molar-refractivity contribution in [3.8, 4) is 0 Å². The van der Waals surface area contributed by atoms with Crippen molar-refractivity contribution in [3.05, 3.63) is 59.1 Å². The third kappa shape index (κ3) is 6.05. The largest absolute Gasteiger partial charge is 0.416 e. The van der Waals surface area contributed by atoms with Crippen LogP contribution in [0.4, 0.5) is 24.5 Å². The van der Waals surface area contributed by atoms with Crippen LogP contribution in [0, 0.1) is 0 Å². The molecule has 2 rings (SSSR count). The van der Waals surface area contributed by atoms with Gasteiger partial charge in [0.1, 0.15) is 0 Å². The summed E-state index contributed by atoms with van der Waals surface area (Å²) in [6.45, 7) is 0. The summed E-state index contributed by atoms with van der Waals surface area (Å²) in [5.41, 5.74) is 0.756. The van der Waals surface area contributed by atoms with E-state index in [0.29, 0.717) is 22.8 Å². The first-order valence-corrected chi connectivity index (χ1v) is 6.55. The van der Waals surface area contributed by atoms with Crippen molar-refractivity contribution >= 4 is 29.4 Å². The van der Waals surface area contributed by atoms with Gasteiger partial charge in [-0.05, 0) is 42.5 Å².